The Kier molecular flexibility index (Phi) is 6.25. The van der Waals surface area contributed by atoms with E-state index in [-0.39, 0.29) is 11.8 Å². The van der Waals surface area contributed by atoms with Crippen LogP contribution in [0.15, 0.2) is 130 Å². The summed E-state index contributed by atoms with van der Waals surface area (Å²) >= 11 is 0. The van der Waals surface area contributed by atoms with Crippen molar-refractivity contribution in [3.05, 3.63) is 132 Å². The van der Waals surface area contributed by atoms with Gasteiger partial charge >= 0.3 is 0 Å². The van der Waals surface area contributed by atoms with Gasteiger partial charge in [0.25, 0.3) is 11.8 Å². The fourth-order valence-corrected chi connectivity index (χ4v) is 4.59. The molecule has 0 aliphatic heterocycles. The maximum atomic E-state index is 13.0. The standard InChI is InChI=1S/C34H22N4O4/c39-31(35-25-16-12-21(13-17-25)33-37-27-8-1-3-10-29(27)41-33)23-6-5-7-24(20-23)32(40)36-26-18-14-22(15-19-26)34-38-28-9-2-4-11-30(28)42-34/h1-20H,(H,35,39)(H,36,40). The molecule has 2 N–H and O–H groups in total. The normalized spacial score (nSPS) is 11.0. The average molecular weight is 551 g/mol. The van der Waals surface area contributed by atoms with Gasteiger partial charge in [-0.05, 0) is 91.0 Å². The molecule has 0 saturated carbocycles. The van der Waals surface area contributed by atoms with E-state index in [2.05, 4.69) is 20.6 Å². The fraction of sp³-hybridized carbons (Fsp3) is 0. The maximum Gasteiger partial charge on any atom is 0.255 e. The molecule has 0 unspecified atom stereocenters. The van der Waals surface area contributed by atoms with E-state index in [1.165, 1.54) is 0 Å². The molecule has 202 valence electrons. The lowest BCUT2D eigenvalue weighted by molar-refractivity contribution is 0.102. The zero-order chi connectivity index (χ0) is 28.5. The second-order valence-electron chi connectivity index (χ2n) is 9.62. The Morgan fingerprint density at radius 2 is 0.929 bits per heavy atom. The van der Waals surface area contributed by atoms with Crippen LogP contribution in [0, 0.1) is 0 Å². The summed E-state index contributed by atoms with van der Waals surface area (Å²) < 4.78 is 11.6. The minimum absolute atomic E-state index is 0.332. The molecule has 7 rings (SSSR count). The number of amides is 2. The van der Waals surface area contributed by atoms with E-state index in [1.807, 2.05) is 72.8 Å². The molecule has 2 heterocycles. The molecule has 0 aliphatic rings. The molecule has 8 heteroatoms. The number of carbonyl (C=O) groups excluding carboxylic acids is 2. The van der Waals surface area contributed by atoms with Gasteiger partial charge in [-0.15, -0.1) is 0 Å². The summed E-state index contributed by atoms with van der Waals surface area (Å²) in [5, 5.41) is 5.75. The highest BCUT2D eigenvalue weighted by molar-refractivity contribution is 6.08. The Morgan fingerprint density at radius 3 is 1.36 bits per heavy atom. The van der Waals surface area contributed by atoms with Crippen LogP contribution in [0.1, 0.15) is 20.7 Å². The number of anilines is 2. The third-order valence-electron chi connectivity index (χ3n) is 6.75. The summed E-state index contributed by atoms with van der Waals surface area (Å²) in [4.78, 5) is 34.9. The summed E-state index contributed by atoms with van der Waals surface area (Å²) in [6, 6.07) is 36.1. The number of rotatable bonds is 6. The van der Waals surface area contributed by atoms with Crippen molar-refractivity contribution in [2.24, 2.45) is 0 Å². The minimum atomic E-state index is -0.332. The highest BCUT2D eigenvalue weighted by atomic mass is 16.4. The van der Waals surface area contributed by atoms with Crippen molar-refractivity contribution in [1.82, 2.24) is 9.97 Å². The fourth-order valence-electron chi connectivity index (χ4n) is 4.59. The van der Waals surface area contributed by atoms with Gasteiger partial charge in [0.1, 0.15) is 11.0 Å². The molecule has 0 atom stereocenters. The highest BCUT2D eigenvalue weighted by Crippen LogP contribution is 2.27. The van der Waals surface area contributed by atoms with Gasteiger partial charge in [-0.2, -0.15) is 0 Å². The molecule has 8 nitrogen and oxygen atoms in total. The van der Waals surface area contributed by atoms with Crippen LogP contribution in [0.5, 0.6) is 0 Å². The van der Waals surface area contributed by atoms with E-state index < -0.39 is 0 Å². The Hall–Kier alpha value is -6.02. The van der Waals surface area contributed by atoms with Gasteiger partial charge in [0, 0.05) is 33.6 Å². The van der Waals surface area contributed by atoms with Crippen LogP contribution in [0.2, 0.25) is 0 Å². The Balaban J connectivity index is 1.01. The lowest BCUT2D eigenvalue weighted by Gasteiger charge is -2.09. The number of nitrogens with one attached hydrogen (secondary N) is 2. The Labute approximate surface area is 239 Å². The first-order chi connectivity index (χ1) is 20.6. The van der Waals surface area contributed by atoms with Crippen LogP contribution >= 0.6 is 0 Å². The number of benzene rings is 5. The molecule has 2 amide bonds. The number of hydrogen-bond donors (Lipinski definition) is 2. The zero-order valence-corrected chi connectivity index (χ0v) is 22.1. The molecular formula is C34H22N4O4. The molecule has 0 bridgehead atoms. The SMILES string of the molecule is O=C(Nc1ccc(-c2nc3ccccc3o2)cc1)c1cccc(C(=O)Nc2ccc(-c3nc4ccccc4o3)cc2)c1. The van der Waals surface area contributed by atoms with Crippen LogP contribution in [-0.2, 0) is 0 Å². The van der Waals surface area contributed by atoms with Crippen LogP contribution < -0.4 is 10.6 Å². The Bertz CT molecular complexity index is 1860. The molecule has 0 radical (unpaired) electrons. The van der Waals surface area contributed by atoms with E-state index in [9.17, 15) is 9.59 Å². The molecule has 42 heavy (non-hydrogen) atoms. The number of aromatic nitrogens is 2. The van der Waals surface area contributed by atoms with E-state index in [4.69, 9.17) is 8.83 Å². The number of fused-ring (bicyclic) bond motifs is 2. The summed E-state index contributed by atoms with van der Waals surface area (Å²) in [5.74, 6) is 0.353. The van der Waals surface area contributed by atoms with Gasteiger partial charge in [-0.25, -0.2) is 9.97 Å². The summed E-state index contributed by atoms with van der Waals surface area (Å²) in [5.41, 5.74) is 6.51. The first kappa shape index (κ1) is 25.0. The third kappa shape index (κ3) is 5.00. The molecule has 0 saturated heterocycles. The lowest BCUT2D eigenvalue weighted by atomic mass is 10.1. The van der Waals surface area contributed by atoms with Crippen molar-refractivity contribution in [3.8, 4) is 22.9 Å². The molecule has 2 aromatic heterocycles. The minimum Gasteiger partial charge on any atom is -0.436 e. The summed E-state index contributed by atoms with van der Waals surface area (Å²) in [7, 11) is 0. The predicted octanol–water partition coefficient (Wildman–Crippen LogP) is 7.81. The smallest absolute Gasteiger partial charge is 0.255 e. The van der Waals surface area contributed by atoms with Crippen LogP contribution in [0.25, 0.3) is 45.1 Å². The molecule has 0 aliphatic carbocycles. The number of oxazole rings is 2. The second-order valence-corrected chi connectivity index (χ2v) is 9.62. The van der Waals surface area contributed by atoms with Crippen molar-refractivity contribution in [2.45, 2.75) is 0 Å². The lowest BCUT2D eigenvalue weighted by Crippen LogP contribution is -2.15. The van der Waals surface area contributed by atoms with Crippen LogP contribution in [0.3, 0.4) is 0 Å². The maximum absolute atomic E-state index is 13.0. The number of carbonyl (C=O) groups is 2. The molecule has 0 spiro atoms. The first-order valence-corrected chi connectivity index (χ1v) is 13.2. The van der Waals surface area contributed by atoms with E-state index >= 15 is 0 Å². The summed E-state index contributed by atoms with van der Waals surface area (Å²) in [6.45, 7) is 0. The molecule has 7 aromatic rings. The molecule has 5 aromatic carbocycles. The summed E-state index contributed by atoms with van der Waals surface area (Å²) in [6.07, 6.45) is 0. The number of hydrogen-bond acceptors (Lipinski definition) is 6. The number of nitrogens with zero attached hydrogens (tertiary/aromatic N) is 2. The van der Waals surface area contributed by atoms with Gasteiger partial charge in [0.15, 0.2) is 11.2 Å². The second kappa shape index (κ2) is 10.5. The topological polar surface area (TPSA) is 110 Å². The van der Waals surface area contributed by atoms with Gasteiger partial charge < -0.3 is 19.5 Å². The monoisotopic (exact) mass is 550 g/mol. The van der Waals surface area contributed by atoms with E-state index in [1.54, 1.807) is 48.5 Å². The van der Waals surface area contributed by atoms with Crippen LogP contribution in [-0.4, -0.2) is 21.8 Å². The van der Waals surface area contributed by atoms with Crippen molar-refractivity contribution >= 4 is 45.4 Å². The quantitative estimate of drug-likeness (QED) is 0.219. The van der Waals surface area contributed by atoms with Crippen molar-refractivity contribution < 1.29 is 18.4 Å². The highest BCUT2D eigenvalue weighted by Gasteiger charge is 2.13. The van der Waals surface area contributed by atoms with Crippen molar-refractivity contribution in [2.75, 3.05) is 10.6 Å². The largest absolute Gasteiger partial charge is 0.436 e. The number of para-hydroxylation sites is 4. The zero-order valence-electron chi connectivity index (χ0n) is 22.1. The molecular weight excluding hydrogens is 528 g/mol. The van der Waals surface area contributed by atoms with Gasteiger partial charge in [-0.1, -0.05) is 30.3 Å². The predicted molar refractivity (Wildman–Crippen MR) is 161 cm³/mol. The Morgan fingerprint density at radius 1 is 0.500 bits per heavy atom. The van der Waals surface area contributed by atoms with E-state index in [0.717, 1.165) is 22.2 Å². The van der Waals surface area contributed by atoms with Crippen molar-refractivity contribution in [3.63, 3.8) is 0 Å². The first-order valence-electron chi connectivity index (χ1n) is 13.2. The molecule has 0 fully saturated rings. The third-order valence-corrected chi connectivity index (χ3v) is 6.75. The van der Waals surface area contributed by atoms with Gasteiger partial charge in [0.2, 0.25) is 11.8 Å². The van der Waals surface area contributed by atoms with Gasteiger partial charge in [-0.3, -0.25) is 9.59 Å². The van der Waals surface area contributed by atoms with Crippen LogP contribution in [0.4, 0.5) is 11.4 Å². The van der Waals surface area contributed by atoms with Gasteiger partial charge in [0.05, 0.1) is 0 Å². The van der Waals surface area contributed by atoms with E-state index in [0.29, 0.717) is 45.4 Å². The van der Waals surface area contributed by atoms with Crippen molar-refractivity contribution in [1.29, 1.82) is 0 Å². The average Bonchev–Trinajstić information content (AvgIpc) is 3.67.